The van der Waals surface area contributed by atoms with Crippen molar-refractivity contribution in [1.82, 2.24) is 9.80 Å². The fraction of sp³-hybridized carbons (Fsp3) is 0.360. The summed E-state index contributed by atoms with van der Waals surface area (Å²) in [7, 11) is 0. The Kier molecular flexibility index (Phi) is 6.55. The maximum absolute atomic E-state index is 12.9. The Morgan fingerprint density at radius 3 is 2.03 bits per heavy atom. The SMILES string of the molecule is CC(CCCC1=NCCN1C(=O)c1ccccc1)C1=NCCN1C(=O)c1ccccc1. The molecule has 160 valence electrons. The second kappa shape index (κ2) is 9.69. The van der Waals surface area contributed by atoms with Crippen molar-refractivity contribution in [3.8, 4) is 0 Å². The fourth-order valence-electron chi connectivity index (χ4n) is 4.19. The Labute approximate surface area is 183 Å². The van der Waals surface area contributed by atoms with Crippen molar-refractivity contribution in [2.75, 3.05) is 26.2 Å². The van der Waals surface area contributed by atoms with E-state index in [1.54, 1.807) is 4.90 Å². The van der Waals surface area contributed by atoms with E-state index in [1.807, 2.05) is 65.6 Å². The molecule has 0 N–H and O–H groups in total. The van der Waals surface area contributed by atoms with Gasteiger partial charge in [-0.05, 0) is 37.1 Å². The second-order valence-electron chi connectivity index (χ2n) is 7.98. The van der Waals surface area contributed by atoms with E-state index >= 15 is 0 Å². The molecule has 1 atom stereocenters. The van der Waals surface area contributed by atoms with Crippen molar-refractivity contribution in [2.24, 2.45) is 15.9 Å². The molecule has 31 heavy (non-hydrogen) atoms. The van der Waals surface area contributed by atoms with E-state index in [9.17, 15) is 9.59 Å². The molecule has 0 saturated carbocycles. The molecule has 0 fully saturated rings. The van der Waals surface area contributed by atoms with Crippen LogP contribution in [0.1, 0.15) is 46.9 Å². The minimum atomic E-state index is 0.0171. The van der Waals surface area contributed by atoms with Gasteiger partial charge < -0.3 is 0 Å². The Hall–Kier alpha value is -3.28. The standard InChI is InChI=1S/C25H28N4O2/c1-19(23-27-16-18-29(23)25(31)21-12-6-3-7-13-21)9-8-14-22-26-15-17-28(22)24(30)20-10-4-2-5-11-20/h2-7,10-13,19H,8-9,14-18H2,1H3. The predicted molar refractivity (Wildman–Crippen MR) is 123 cm³/mol. The molecule has 6 nitrogen and oxygen atoms in total. The van der Waals surface area contributed by atoms with E-state index in [0.29, 0.717) is 37.3 Å². The summed E-state index contributed by atoms with van der Waals surface area (Å²) in [6.07, 6.45) is 2.54. The maximum Gasteiger partial charge on any atom is 0.259 e. The van der Waals surface area contributed by atoms with Crippen molar-refractivity contribution in [3.63, 3.8) is 0 Å². The van der Waals surface area contributed by atoms with Gasteiger partial charge in [-0.2, -0.15) is 0 Å². The Balaban J connectivity index is 1.32. The van der Waals surface area contributed by atoms with Crippen LogP contribution in [-0.2, 0) is 0 Å². The van der Waals surface area contributed by atoms with Crippen LogP contribution in [0.3, 0.4) is 0 Å². The van der Waals surface area contributed by atoms with Gasteiger partial charge in [0.1, 0.15) is 11.7 Å². The number of hydrogen-bond acceptors (Lipinski definition) is 4. The van der Waals surface area contributed by atoms with Crippen LogP contribution in [0, 0.1) is 5.92 Å². The van der Waals surface area contributed by atoms with E-state index in [-0.39, 0.29) is 17.7 Å². The largest absolute Gasteiger partial charge is 0.295 e. The monoisotopic (exact) mass is 416 g/mol. The molecule has 0 radical (unpaired) electrons. The first kappa shape index (κ1) is 21.0. The number of rotatable bonds is 7. The zero-order chi connectivity index (χ0) is 21.6. The van der Waals surface area contributed by atoms with Crippen molar-refractivity contribution >= 4 is 23.5 Å². The summed E-state index contributed by atoms with van der Waals surface area (Å²) in [5, 5.41) is 0. The first-order valence-electron chi connectivity index (χ1n) is 11.0. The zero-order valence-electron chi connectivity index (χ0n) is 17.9. The Bertz CT molecular complexity index is 985. The normalized spacial score (nSPS) is 16.8. The van der Waals surface area contributed by atoms with E-state index in [1.165, 1.54) is 0 Å². The highest BCUT2D eigenvalue weighted by Crippen LogP contribution is 2.21. The van der Waals surface area contributed by atoms with Gasteiger partial charge in [0, 0.05) is 36.6 Å². The summed E-state index contributed by atoms with van der Waals surface area (Å²) in [5.74, 6) is 1.95. The summed E-state index contributed by atoms with van der Waals surface area (Å²) < 4.78 is 0. The van der Waals surface area contributed by atoms with Crippen molar-refractivity contribution in [3.05, 3.63) is 71.8 Å². The molecule has 2 aliphatic rings. The molecule has 0 saturated heterocycles. The van der Waals surface area contributed by atoms with Crippen molar-refractivity contribution in [1.29, 1.82) is 0 Å². The van der Waals surface area contributed by atoms with E-state index in [2.05, 4.69) is 16.9 Å². The van der Waals surface area contributed by atoms with Gasteiger partial charge in [-0.3, -0.25) is 29.4 Å². The van der Waals surface area contributed by atoms with Crippen LogP contribution in [0.25, 0.3) is 0 Å². The van der Waals surface area contributed by atoms with Crippen LogP contribution >= 0.6 is 0 Å². The molecule has 2 aliphatic heterocycles. The lowest BCUT2D eigenvalue weighted by atomic mass is 10.0. The number of amidine groups is 2. The quantitative estimate of drug-likeness (QED) is 0.687. The smallest absolute Gasteiger partial charge is 0.259 e. The number of carbonyl (C=O) groups excluding carboxylic acids is 2. The third-order valence-corrected chi connectivity index (χ3v) is 5.81. The number of nitrogens with zero attached hydrogens (tertiary/aromatic N) is 4. The van der Waals surface area contributed by atoms with E-state index in [4.69, 9.17) is 0 Å². The molecule has 1 unspecified atom stereocenters. The first-order valence-corrected chi connectivity index (χ1v) is 11.0. The molecule has 0 aromatic heterocycles. The van der Waals surface area contributed by atoms with Gasteiger partial charge in [-0.15, -0.1) is 0 Å². The minimum Gasteiger partial charge on any atom is -0.295 e. The third-order valence-electron chi connectivity index (χ3n) is 5.81. The molecule has 0 spiro atoms. The highest BCUT2D eigenvalue weighted by Gasteiger charge is 2.29. The molecule has 0 aliphatic carbocycles. The molecule has 2 heterocycles. The number of amides is 2. The molecule has 2 aromatic carbocycles. The molecule has 0 bridgehead atoms. The molecular formula is C25H28N4O2. The first-order chi connectivity index (χ1) is 15.1. The van der Waals surface area contributed by atoms with Crippen LogP contribution in [0.5, 0.6) is 0 Å². The zero-order valence-corrected chi connectivity index (χ0v) is 17.9. The van der Waals surface area contributed by atoms with Crippen LogP contribution in [-0.4, -0.2) is 59.5 Å². The minimum absolute atomic E-state index is 0.0171. The third kappa shape index (κ3) is 4.74. The lowest BCUT2D eigenvalue weighted by molar-refractivity contribution is 0.0845. The summed E-state index contributed by atoms with van der Waals surface area (Å²) in [4.78, 5) is 38.5. The molecule has 4 rings (SSSR count). The van der Waals surface area contributed by atoms with E-state index < -0.39 is 0 Å². The van der Waals surface area contributed by atoms with Crippen LogP contribution in [0.2, 0.25) is 0 Å². The summed E-state index contributed by atoms with van der Waals surface area (Å²) in [5.41, 5.74) is 1.39. The van der Waals surface area contributed by atoms with Gasteiger partial charge in [-0.25, -0.2) is 0 Å². The topological polar surface area (TPSA) is 65.3 Å². The van der Waals surface area contributed by atoms with Gasteiger partial charge in [0.05, 0.1) is 13.1 Å². The van der Waals surface area contributed by atoms with Gasteiger partial charge >= 0.3 is 0 Å². The van der Waals surface area contributed by atoms with Gasteiger partial charge in [0.25, 0.3) is 11.8 Å². The van der Waals surface area contributed by atoms with Crippen LogP contribution in [0.4, 0.5) is 0 Å². The molecule has 2 amide bonds. The van der Waals surface area contributed by atoms with Crippen LogP contribution < -0.4 is 0 Å². The number of hydrogen-bond donors (Lipinski definition) is 0. The highest BCUT2D eigenvalue weighted by atomic mass is 16.2. The second-order valence-corrected chi connectivity index (χ2v) is 7.98. The van der Waals surface area contributed by atoms with Gasteiger partial charge in [-0.1, -0.05) is 43.3 Å². The highest BCUT2D eigenvalue weighted by molar-refractivity contribution is 6.08. The summed E-state index contributed by atoms with van der Waals surface area (Å²) >= 11 is 0. The average molecular weight is 417 g/mol. The molecular weight excluding hydrogens is 388 g/mol. The predicted octanol–water partition coefficient (Wildman–Crippen LogP) is 3.90. The van der Waals surface area contributed by atoms with Gasteiger partial charge in [0.15, 0.2) is 0 Å². The average Bonchev–Trinajstić information content (AvgIpc) is 3.49. The lowest BCUT2D eigenvalue weighted by Gasteiger charge is -2.23. The maximum atomic E-state index is 12.9. The van der Waals surface area contributed by atoms with Crippen LogP contribution in [0.15, 0.2) is 70.6 Å². The Morgan fingerprint density at radius 2 is 1.39 bits per heavy atom. The van der Waals surface area contributed by atoms with Crippen molar-refractivity contribution in [2.45, 2.75) is 26.2 Å². The Morgan fingerprint density at radius 1 is 0.839 bits per heavy atom. The fourth-order valence-corrected chi connectivity index (χ4v) is 4.19. The summed E-state index contributed by atoms with van der Waals surface area (Å²) in [6.45, 7) is 4.72. The molecule has 2 aromatic rings. The summed E-state index contributed by atoms with van der Waals surface area (Å²) in [6, 6.07) is 18.7. The van der Waals surface area contributed by atoms with E-state index in [0.717, 1.165) is 30.9 Å². The number of aliphatic imine (C=N–C) groups is 2. The van der Waals surface area contributed by atoms with Crippen molar-refractivity contribution < 1.29 is 9.59 Å². The number of carbonyl (C=O) groups is 2. The molecule has 6 heteroatoms. The lowest BCUT2D eigenvalue weighted by Crippen LogP contribution is -2.37. The number of benzene rings is 2. The van der Waals surface area contributed by atoms with Gasteiger partial charge in [0.2, 0.25) is 0 Å².